The molecule has 0 unspecified atom stereocenters. The van der Waals surface area contributed by atoms with E-state index >= 15 is 0 Å². The molecule has 0 atom stereocenters. The van der Waals surface area contributed by atoms with E-state index in [1.54, 1.807) is 16.3 Å². The monoisotopic (exact) mass is 437 g/mol. The van der Waals surface area contributed by atoms with Gasteiger partial charge in [-0.15, -0.1) is 0 Å². The van der Waals surface area contributed by atoms with Crippen molar-refractivity contribution in [3.05, 3.63) is 29.8 Å². The Morgan fingerprint density at radius 2 is 1.80 bits per heavy atom. The maximum Gasteiger partial charge on any atom is 0.282 e. The number of nitrogens with zero attached hydrogens (tertiary/aromatic N) is 3. The first-order valence-electron chi connectivity index (χ1n) is 11.0. The van der Waals surface area contributed by atoms with Crippen LogP contribution in [0.5, 0.6) is 5.75 Å². The maximum atomic E-state index is 13.0. The van der Waals surface area contributed by atoms with Crippen molar-refractivity contribution in [2.45, 2.75) is 57.9 Å². The Kier molecular flexibility index (Phi) is 7.76. The largest absolute Gasteiger partial charge is 0.484 e. The molecule has 0 aromatic heterocycles. The number of hydrogen-bond donors (Lipinski definition) is 0. The molecule has 0 bridgehead atoms. The van der Waals surface area contributed by atoms with Gasteiger partial charge in [0.15, 0.2) is 6.61 Å². The molecule has 1 saturated heterocycles. The van der Waals surface area contributed by atoms with Crippen molar-refractivity contribution < 1.29 is 17.9 Å². The zero-order valence-electron chi connectivity index (χ0n) is 18.4. The number of benzene rings is 1. The molecule has 1 aliphatic carbocycles. The van der Waals surface area contributed by atoms with Gasteiger partial charge >= 0.3 is 0 Å². The van der Waals surface area contributed by atoms with Crippen molar-refractivity contribution >= 4 is 16.1 Å². The van der Waals surface area contributed by atoms with Crippen molar-refractivity contribution in [1.29, 1.82) is 0 Å². The van der Waals surface area contributed by atoms with Crippen LogP contribution in [0, 0.1) is 0 Å². The smallest absolute Gasteiger partial charge is 0.282 e. The molecule has 0 radical (unpaired) electrons. The maximum absolute atomic E-state index is 13.0. The third kappa shape index (κ3) is 5.53. The number of ether oxygens (including phenoxy) is 1. The lowest BCUT2D eigenvalue weighted by Gasteiger charge is -2.38. The van der Waals surface area contributed by atoms with Crippen molar-refractivity contribution in [2.75, 3.05) is 39.8 Å². The van der Waals surface area contributed by atoms with Crippen molar-refractivity contribution in [3.8, 4) is 5.75 Å². The van der Waals surface area contributed by atoms with Crippen LogP contribution in [0.1, 0.15) is 57.4 Å². The Morgan fingerprint density at radius 1 is 1.13 bits per heavy atom. The standard InChI is InChI=1S/C22H35N3O4S/c1-18(2)19-8-7-11-21(16-19)29-17-22(26)24-12-14-25(15-13-24)30(27,28)23(3)20-9-5-4-6-10-20/h7-8,11,16,18,20H,4-6,9-10,12-15,17H2,1-3H3. The van der Waals surface area contributed by atoms with Gasteiger partial charge in [0.1, 0.15) is 5.75 Å². The highest BCUT2D eigenvalue weighted by molar-refractivity contribution is 7.86. The first kappa shape index (κ1) is 23.0. The highest BCUT2D eigenvalue weighted by atomic mass is 32.2. The molecule has 2 fully saturated rings. The number of amides is 1. The van der Waals surface area contributed by atoms with Gasteiger partial charge in [-0.05, 0) is 36.5 Å². The zero-order valence-corrected chi connectivity index (χ0v) is 19.2. The highest BCUT2D eigenvalue weighted by Crippen LogP contribution is 2.25. The number of carbonyl (C=O) groups excluding carboxylic acids is 1. The molecule has 0 spiro atoms. The van der Waals surface area contributed by atoms with E-state index in [1.807, 2.05) is 24.3 Å². The Morgan fingerprint density at radius 3 is 2.43 bits per heavy atom. The predicted molar refractivity (Wildman–Crippen MR) is 118 cm³/mol. The van der Waals surface area contributed by atoms with E-state index in [2.05, 4.69) is 13.8 Å². The molecule has 1 saturated carbocycles. The van der Waals surface area contributed by atoms with Crippen LogP contribution in [0.25, 0.3) is 0 Å². The Labute approximate surface area is 181 Å². The van der Waals surface area contributed by atoms with Crippen LogP contribution in [0.3, 0.4) is 0 Å². The molecule has 1 heterocycles. The number of rotatable bonds is 7. The molecule has 1 aromatic carbocycles. The molecule has 1 aromatic rings. The topological polar surface area (TPSA) is 70.2 Å². The fourth-order valence-corrected chi connectivity index (χ4v) is 5.76. The average Bonchev–Trinajstić information content (AvgIpc) is 2.77. The summed E-state index contributed by atoms with van der Waals surface area (Å²) in [6.07, 6.45) is 5.24. The van der Waals surface area contributed by atoms with Gasteiger partial charge < -0.3 is 9.64 Å². The molecule has 1 aliphatic heterocycles. The molecule has 0 N–H and O–H groups in total. The summed E-state index contributed by atoms with van der Waals surface area (Å²) >= 11 is 0. The summed E-state index contributed by atoms with van der Waals surface area (Å²) in [6.45, 7) is 5.64. The summed E-state index contributed by atoms with van der Waals surface area (Å²) in [5.74, 6) is 0.971. The molecule has 1 amide bonds. The molecular formula is C22H35N3O4S. The molecule has 30 heavy (non-hydrogen) atoms. The normalized spacial score (nSPS) is 19.4. The summed E-state index contributed by atoms with van der Waals surface area (Å²) in [6, 6.07) is 7.89. The second-order valence-corrected chi connectivity index (χ2v) is 10.6. The van der Waals surface area contributed by atoms with Crippen LogP contribution in [0.15, 0.2) is 24.3 Å². The zero-order chi connectivity index (χ0) is 21.7. The van der Waals surface area contributed by atoms with Crippen molar-refractivity contribution in [2.24, 2.45) is 0 Å². The number of piperazine rings is 1. The van der Waals surface area contributed by atoms with Crippen LogP contribution in [-0.4, -0.2) is 73.7 Å². The third-order valence-corrected chi connectivity index (χ3v) is 8.30. The van der Waals surface area contributed by atoms with Gasteiger partial charge in [-0.1, -0.05) is 45.2 Å². The minimum Gasteiger partial charge on any atom is -0.484 e. The highest BCUT2D eigenvalue weighted by Gasteiger charge is 2.35. The summed E-state index contributed by atoms with van der Waals surface area (Å²) in [5, 5.41) is 0. The minimum absolute atomic E-state index is 0.0315. The minimum atomic E-state index is -3.48. The first-order valence-corrected chi connectivity index (χ1v) is 12.4. The predicted octanol–water partition coefficient (Wildman–Crippen LogP) is 2.84. The lowest BCUT2D eigenvalue weighted by atomic mass is 9.96. The fraction of sp³-hybridized carbons (Fsp3) is 0.682. The van der Waals surface area contributed by atoms with Gasteiger partial charge in [0.05, 0.1) is 0 Å². The number of hydrogen-bond acceptors (Lipinski definition) is 4. The SMILES string of the molecule is CC(C)c1cccc(OCC(=O)N2CCN(S(=O)(=O)N(C)C3CCCCC3)CC2)c1. The number of carbonyl (C=O) groups is 1. The lowest BCUT2D eigenvalue weighted by molar-refractivity contribution is -0.134. The Hall–Kier alpha value is -1.64. The van der Waals surface area contributed by atoms with Crippen LogP contribution >= 0.6 is 0 Å². The Balaban J connectivity index is 1.49. The second-order valence-electron chi connectivity index (χ2n) is 8.61. The lowest BCUT2D eigenvalue weighted by Crippen LogP contribution is -2.55. The molecule has 168 valence electrons. The molecule has 3 rings (SSSR count). The van der Waals surface area contributed by atoms with Gasteiger partial charge in [0.25, 0.3) is 16.1 Å². The molecular weight excluding hydrogens is 402 g/mol. The fourth-order valence-electron chi connectivity index (χ4n) is 4.18. The summed E-state index contributed by atoms with van der Waals surface area (Å²) in [5.41, 5.74) is 1.17. The Bertz CT molecular complexity index is 813. The van der Waals surface area contributed by atoms with Crippen LogP contribution < -0.4 is 4.74 Å². The van der Waals surface area contributed by atoms with Gasteiger partial charge in [0.2, 0.25) is 0 Å². The summed E-state index contributed by atoms with van der Waals surface area (Å²) < 4.78 is 34.7. The average molecular weight is 438 g/mol. The molecule has 8 heteroatoms. The van der Waals surface area contributed by atoms with E-state index in [4.69, 9.17) is 4.74 Å². The third-order valence-electron chi connectivity index (χ3n) is 6.26. The van der Waals surface area contributed by atoms with Gasteiger partial charge in [-0.3, -0.25) is 4.79 Å². The van der Waals surface area contributed by atoms with E-state index < -0.39 is 10.2 Å². The van der Waals surface area contributed by atoms with Crippen molar-refractivity contribution in [1.82, 2.24) is 13.5 Å². The van der Waals surface area contributed by atoms with Gasteiger partial charge in [0, 0.05) is 39.3 Å². The van der Waals surface area contributed by atoms with E-state index in [0.717, 1.165) is 25.7 Å². The van der Waals surface area contributed by atoms with E-state index in [9.17, 15) is 13.2 Å². The van der Waals surface area contributed by atoms with E-state index in [-0.39, 0.29) is 18.6 Å². The van der Waals surface area contributed by atoms with Gasteiger partial charge in [-0.25, -0.2) is 0 Å². The summed E-state index contributed by atoms with van der Waals surface area (Å²) in [7, 11) is -1.79. The van der Waals surface area contributed by atoms with Gasteiger partial charge in [-0.2, -0.15) is 17.0 Å². The van der Waals surface area contributed by atoms with E-state index in [0.29, 0.717) is 37.8 Å². The molecule has 2 aliphatic rings. The second kappa shape index (κ2) is 10.1. The quantitative estimate of drug-likeness (QED) is 0.658. The van der Waals surface area contributed by atoms with Crippen LogP contribution in [0.2, 0.25) is 0 Å². The first-order chi connectivity index (χ1) is 14.3. The molecule has 7 nitrogen and oxygen atoms in total. The summed E-state index contributed by atoms with van der Waals surface area (Å²) in [4.78, 5) is 14.2. The van der Waals surface area contributed by atoms with Crippen LogP contribution in [0.4, 0.5) is 0 Å². The van der Waals surface area contributed by atoms with E-state index in [1.165, 1.54) is 16.3 Å². The van der Waals surface area contributed by atoms with Crippen LogP contribution in [-0.2, 0) is 15.0 Å². The van der Waals surface area contributed by atoms with Crippen molar-refractivity contribution in [3.63, 3.8) is 0 Å².